The van der Waals surface area contributed by atoms with E-state index in [0.717, 1.165) is 64.6 Å². The number of fused-ring (bicyclic) bond motifs is 1. The number of nitrogens with one attached hydrogen (secondary N) is 1. The number of methoxy groups -OCH3 is 1. The molecule has 0 radical (unpaired) electrons. The van der Waals surface area contributed by atoms with Gasteiger partial charge < -0.3 is 15.0 Å². The summed E-state index contributed by atoms with van der Waals surface area (Å²) in [4.78, 5) is 19.4. The zero-order valence-corrected chi connectivity index (χ0v) is 20.2. The first-order valence-corrected chi connectivity index (χ1v) is 11.8. The minimum Gasteiger partial charge on any atom is -0.497 e. The summed E-state index contributed by atoms with van der Waals surface area (Å²) in [5.74, 6) is 1.43. The quantitative estimate of drug-likeness (QED) is 0.460. The Hall–Kier alpha value is -4.01. The number of pyridine rings is 1. The SMILES string of the molecule is COc1ccc(-n2nc3c(N4CCC[C@@H](C(=O)NCc5ccccn5)C4)nnc(C)c3c2C)cc1. The van der Waals surface area contributed by atoms with Gasteiger partial charge in [-0.15, -0.1) is 5.10 Å². The number of piperidine rings is 1. The molecule has 1 N–H and O–H groups in total. The number of carbonyl (C=O) groups is 1. The fourth-order valence-corrected chi connectivity index (χ4v) is 4.71. The molecule has 1 aliphatic heterocycles. The standard InChI is InChI=1S/C26H29N7O2/c1-17-23-18(2)33(21-9-11-22(35-3)12-10-21)31-24(23)25(30-29-17)32-14-6-7-19(16-32)26(34)28-15-20-8-4-5-13-27-20/h4-5,8-13,19H,6-7,14-16H2,1-3H3,(H,28,34)/t19-/m1/s1. The van der Waals surface area contributed by atoms with Crippen LogP contribution in [0.3, 0.4) is 0 Å². The van der Waals surface area contributed by atoms with Crippen molar-refractivity contribution < 1.29 is 9.53 Å². The van der Waals surface area contributed by atoms with Gasteiger partial charge in [0.05, 0.1) is 47.7 Å². The predicted octanol–water partition coefficient (Wildman–Crippen LogP) is 3.37. The highest BCUT2D eigenvalue weighted by atomic mass is 16.5. The van der Waals surface area contributed by atoms with E-state index in [-0.39, 0.29) is 11.8 Å². The van der Waals surface area contributed by atoms with Crippen LogP contribution in [0.25, 0.3) is 16.6 Å². The average molecular weight is 472 g/mol. The fourth-order valence-electron chi connectivity index (χ4n) is 4.71. The summed E-state index contributed by atoms with van der Waals surface area (Å²) in [5.41, 5.74) is 4.43. The van der Waals surface area contributed by atoms with Gasteiger partial charge in [0.15, 0.2) is 5.82 Å². The second-order valence-corrected chi connectivity index (χ2v) is 8.85. The van der Waals surface area contributed by atoms with Crippen LogP contribution < -0.4 is 15.0 Å². The number of nitrogens with zero attached hydrogens (tertiary/aromatic N) is 6. The first-order chi connectivity index (χ1) is 17.0. The molecule has 1 amide bonds. The highest BCUT2D eigenvalue weighted by molar-refractivity contribution is 5.92. The van der Waals surface area contributed by atoms with Crippen LogP contribution in [0.4, 0.5) is 5.82 Å². The molecular weight excluding hydrogens is 442 g/mol. The van der Waals surface area contributed by atoms with Gasteiger partial charge >= 0.3 is 0 Å². The Labute approximate surface area is 204 Å². The van der Waals surface area contributed by atoms with E-state index < -0.39 is 0 Å². The molecule has 0 unspecified atom stereocenters. The number of ether oxygens (including phenoxy) is 1. The molecule has 0 saturated carbocycles. The molecule has 1 fully saturated rings. The summed E-state index contributed by atoms with van der Waals surface area (Å²) < 4.78 is 7.21. The monoisotopic (exact) mass is 471 g/mol. The zero-order chi connectivity index (χ0) is 24.4. The van der Waals surface area contributed by atoms with Crippen LogP contribution >= 0.6 is 0 Å². The molecule has 4 heterocycles. The Morgan fingerprint density at radius 2 is 1.97 bits per heavy atom. The highest BCUT2D eigenvalue weighted by Gasteiger charge is 2.29. The summed E-state index contributed by atoms with van der Waals surface area (Å²) in [6.07, 6.45) is 3.47. The topological polar surface area (TPSA) is 98.1 Å². The van der Waals surface area contributed by atoms with Crippen molar-refractivity contribution in [1.29, 1.82) is 0 Å². The van der Waals surface area contributed by atoms with Crippen molar-refractivity contribution in [3.05, 3.63) is 65.7 Å². The lowest BCUT2D eigenvalue weighted by atomic mass is 9.97. The second kappa shape index (κ2) is 9.69. The van der Waals surface area contributed by atoms with E-state index >= 15 is 0 Å². The Morgan fingerprint density at radius 3 is 2.71 bits per heavy atom. The normalized spacial score (nSPS) is 15.9. The number of benzene rings is 1. The van der Waals surface area contributed by atoms with Crippen molar-refractivity contribution in [3.8, 4) is 11.4 Å². The van der Waals surface area contributed by atoms with Crippen molar-refractivity contribution >= 4 is 22.6 Å². The van der Waals surface area contributed by atoms with Crippen molar-refractivity contribution in [2.75, 3.05) is 25.1 Å². The Bertz CT molecular complexity index is 1340. The lowest BCUT2D eigenvalue weighted by Crippen LogP contribution is -2.43. The molecule has 9 nitrogen and oxygen atoms in total. The van der Waals surface area contributed by atoms with Crippen LogP contribution in [0, 0.1) is 19.8 Å². The number of hydrogen-bond acceptors (Lipinski definition) is 7. The molecule has 180 valence electrons. The zero-order valence-electron chi connectivity index (χ0n) is 20.2. The maximum atomic E-state index is 12.9. The first kappa shape index (κ1) is 22.8. The third-order valence-electron chi connectivity index (χ3n) is 6.56. The number of aromatic nitrogens is 5. The molecule has 35 heavy (non-hydrogen) atoms. The molecule has 9 heteroatoms. The van der Waals surface area contributed by atoms with Crippen molar-refractivity contribution in [2.45, 2.75) is 33.2 Å². The van der Waals surface area contributed by atoms with E-state index in [1.165, 1.54) is 0 Å². The number of anilines is 1. The number of amides is 1. The molecule has 0 spiro atoms. The van der Waals surface area contributed by atoms with Gasteiger partial charge in [0.2, 0.25) is 5.91 Å². The lowest BCUT2D eigenvalue weighted by molar-refractivity contribution is -0.125. The summed E-state index contributed by atoms with van der Waals surface area (Å²) in [6.45, 7) is 5.81. The molecular formula is C26H29N7O2. The van der Waals surface area contributed by atoms with Crippen LogP contribution in [-0.2, 0) is 11.3 Å². The number of rotatable bonds is 6. The molecule has 0 aliphatic carbocycles. The predicted molar refractivity (Wildman–Crippen MR) is 134 cm³/mol. The number of carbonyl (C=O) groups excluding carboxylic acids is 1. The van der Waals surface area contributed by atoms with E-state index in [9.17, 15) is 4.79 Å². The summed E-state index contributed by atoms with van der Waals surface area (Å²) in [5, 5.41) is 18.0. The van der Waals surface area contributed by atoms with Gasteiger partial charge in [0.1, 0.15) is 11.3 Å². The van der Waals surface area contributed by atoms with Gasteiger partial charge in [-0.25, -0.2) is 4.68 Å². The first-order valence-electron chi connectivity index (χ1n) is 11.8. The smallest absolute Gasteiger partial charge is 0.225 e. The summed E-state index contributed by atoms with van der Waals surface area (Å²) >= 11 is 0. The minimum absolute atomic E-state index is 0.0385. The van der Waals surface area contributed by atoms with Gasteiger partial charge in [-0.05, 0) is 63.1 Å². The molecule has 0 bridgehead atoms. The molecule has 5 rings (SSSR count). The largest absolute Gasteiger partial charge is 0.497 e. The van der Waals surface area contributed by atoms with Crippen molar-refractivity contribution in [3.63, 3.8) is 0 Å². The summed E-state index contributed by atoms with van der Waals surface area (Å²) in [7, 11) is 1.65. The molecule has 1 atom stereocenters. The van der Waals surface area contributed by atoms with Crippen LogP contribution in [-0.4, -0.2) is 51.1 Å². The number of aryl methyl sites for hydroxylation is 2. The van der Waals surface area contributed by atoms with E-state index in [1.54, 1.807) is 13.3 Å². The molecule has 1 saturated heterocycles. The van der Waals surface area contributed by atoms with E-state index in [4.69, 9.17) is 9.84 Å². The van der Waals surface area contributed by atoms with Crippen LogP contribution in [0.2, 0.25) is 0 Å². The van der Waals surface area contributed by atoms with Crippen molar-refractivity contribution in [2.24, 2.45) is 5.92 Å². The lowest BCUT2D eigenvalue weighted by Gasteiger charge is -2.32. The van der Waals surface area contributed by atoms with E-state index in [0.29, 0.717) is 13.1 Å². The maximum absolute atomic E-state index is 12.9. The van der Waals surface area contributed by atoms with Crippen LogP contribution in [0.15, 0.2) is 48.7 Å². The van der Waals surface area contributed by atoms with E-state index in [2.05, 4.69) is 25.4 Å². The van der Waals surface area contributed by atoms with Gasteiger partial charge in [-0.2, -0.15) is 10.2 Å². The van der Waals surface area contributed by atoms with Gasteiger partial charge in [-0.1, -0.05) is 6.07 Å². The number of hydrogen-bond donors (Lipinski definition) is 1. The molecule has 1 aliphatic rings. The Morgan fingerprint density at radius 1 is 1.14 bits per heavy atom. The average Bonchev–Trinajstić information content (AvgIpc) is 3.26. The molecule has 4 aromatic rings. The highest BCUT2D eigenvalue weighted by Crippen LogP contribution is 2.32. The fraction of sp³-hybridized carbons (Fsp3) is 0.346. The van der Waals surface area contributed by atoms with Gasteiger partial charge in [0, 0.05) is 19.3 Å². The van der Waals surface area contributed by atoms with Gasteiger partial charge in [0.25, 0.3) is 0 Å². The Balaban J connectivity index is 1.40. The van der Waals surface area contributed by atoms with Crippen molar-refractivity contribution in [1.82, 2.24) is 30.3 Å². The third-order valence-corrected chi connectivity index (χ3v) is 6.56. The minimum atomic E-state index is -0.129. The Kier molecular flexibility index (Phi) is 6.31. The molecule has 1 aromatic carbocycles. The molecule has 3 aromatic heterocycles. The maximum Gasteiger partial charge on any atom is 0.225 e. The summed E-state index contributed by atoms with van der Waals surface area (Å²) in [6, 6.07) is 13.5. The van der Waals surface area contributed by atoms with Crippen LogP contribution in [0.5, 0.6) is 5.75 Å². The second-order valence-electron chi connectivity index (χ2n) is 8.85. The van der Waals surface area contributed by atoms with Crippen LogP contribution in [0.1, 0.15) is 29.9 Å². The third kappa shape index (κ3) is 4.53. The van der Waals surface area contributed by atoms with Gasteiger partial charge in [-0.3, -0.25) is 9.78 Å². The van der Waals surface area contributed by atoms with E-state index in [1.807, 2.05) is 61.0 Å².